The van der Waals surface area contributed by atoms with Crippen molar-refractivity contribution in [1.29, 1.82) is 0 Å². The van der Waals surface area contributed by atoms with Gasteiger partial charge in [0.1, 0.15) is 13.2 Å². The first-order chi connectivity index (χ1) is 15.8. The van der Waals surface area contributed by atoms with E-state index >= 15 is 0 Å². The van der Waals surface area contributed by atoms with Gasteiger partial charge in [-0.1, -0.05) is 62.4 Å². The maximum Gasteiger partial charge on any atom is 0.407 e. The van der Waals surface area contributed by atoms with Crippen LogP contribution in [0.4, 0.5) is 4.79 Å². The Labute approximate surface area is 193 Å². The molecule has 174 valence electrons. The summed E-state index contributed by atoms with van der Waals surface area (Å²) in [6, 6.07) is 16.3. The van der Waals surface area contributed by atoms with Gasteiger partial charge in [0.15, 0.2) is 0 Å². The molecule has 4 rings (SSSR count). The van der Waals surface area contributed by atoms with Crippen molar-refractivity contribution in [3.63, 3.8) is 0 Å². The van der Waals surface area contributed by atoms with E-state index in [-0.39, 0.29) is 42.7 Å². The first-order valence-corrected chi connectivity index (χ1v) is 11.4. The molecule has 2 atom stereocenters. The number of benzene rings is 2. The highest BCUT2D eigenvalue weighted by molar-refractivity contribution is 5.85. The molecule has 2 amide bonds. The summed E-state index contributed by atoms with van der Waals surface area (Å²) in [5.74, 6) is -1.20. The second kappa shape index (κ2) is 9.65. The maximum atomic E-state index is 12.7. The van der Waals surface area contributed by atoms with Crippen LogP contribution in [0.25, 0.3) is 11.1 Å². The van der Waals surface area contributed by atoms with Crippen LogP contribution in [0.1, 0.15) is 37.3 Å². The minimum absolute atomic E-state index is 0.000915. The number of hydrogen-bond acceptors (Lipinski definition) is 4. The van der Waals surface area contributed by atoms with Crippen LogP contribution in [-0.4, -0.2) is 54.2 Å². The number of rotatable bonds is 9. The molecule has 33 heavy (non-hydrogen) atoms. The molecule has 2 aromatic rings. The largest absolute Gasteiger partial charge is 0.480 e. The number of carbonyl (C=O) groups excluding carboxylic acids is 2. The van der Waals surface area contributed by atoms with Crippen LogP contribution in [0, 0.1) is 17.8 Å². The minimum Gasteiger partial charge on any atom is -0.480 e. The van der Waals surface area contributed by atoms with Gasteiger partial charge >= 0.3 is 12.1 Å². The Hall–Kier alpha value is -3.35. The van der Waals surface area contributed by atoms with E-state index in [1.54, 1.807) is 0 Å². The SMILES string of the molecule is CC(C)CN(CC(=O)O)C(=O)C1CC1CNC(=O)OCC1c2ccccc2-c2ccccc21. The lowest BCUT2D eigenvalue weighted by atomic mass is 9.98. The Bertz CT molecular complexity index is 1000. The quantitative estimate of drug-likeness (QED) is 0.607. The van der Waals surface area contributed by atoms with Crippen LogP contribution in [0.5, 0.6) is 0 Å². The smallest absolute Gasteiger partial charge is 0.407 e. The Morgan fingerprint density at radius 3 is 2.24 bits per heavy atom. The molecule has 0 aromatic heterocycles. The van der Waals surface area contributed by atoms with Gasteiger partial charge in [-0.05, 0) is 40.5 Å². The number of ether oxygens (including phenoxy) is 1. The molecule has 1 saturated carbocycles. The van der Waals surface area contributed by atoms with Gasteiger partial charge in [0.05, 0.1) is 0 Å². The van der Waals surface area contributed by atoms with E-state index in [1.807, 2.05) is 38.1 Å². The standard InChI is InChI=1S/C26H30N2O5/c1-16(2)13-28(14-24(29)30)25(31)22-11-17(22)12-27-26(32)33-15-23-20-9-5-3-7-18(20)19-8-4-6-10-21(19)23/h3-10,16-17,22-23H,11-15H2,1-2H3,(H,27,32)(H,29,30). The number of carbonyl (C=O) groups is 3. The summed E-state index contributed by atoms with van der Waals surface area (Å²) in [7, 11) is 0. The summed E-state index contributed by atoms with van der Waals surface area (Å²) in [6.45, 7) is 4.61. The van der Waals surface area contributed by atoms with Crippen molar-refractivity contribution in [2.75, 3.05) is 26.2 Å². The van der Waals surface area contributed by atoms with Crippen LogP contribution in [0.3, 0.4) is 0 Å². The van der Waals surface area contributed by atoms with E-state index in [4.69, 9.17) is 9.84 Å². The summed E-state index contributed by atoms with van der Waals surface area (Å²) in [4.78, 5) is 37.5. The van der Waals surface area contributed by atoms with Crippen LogP contribution in [0.15, 0.2) is 48.5 Å². The third-order valence-electron chi connectivity index (χ3n) is 6.32. The zero-order chi connectivity index (χ0) is 23.5. The lowest BCUT2D eigenvalue weighted by Gasteiger charge is -2.23. The fourth-order valence-electron chi connectivity index (χ4n) is 4.71. The van der Waals surface area contributed by atoms with E-state index in [0.29, 0.717) is 19.5 Å². The molecule has 2 unspecified atom stereocenters. The molecular weight excluding hydrogens is 420 g/mol. The normalized spacial score (nSPS) is 18.4. The van der Waals surface area contributed by atoms with Gasteiger partial charge in [0.2, 0.25) is 5.91 Å². The van der Waals surface area contributed by atoms with Crippen molar-refractivity contribution in [3.8, 4) is 11.1 Å². The van der Waals surface area contributed by atoms with Gasteiger partial charge in [-0.2, -0.15) is 0 Å². The van der Waals surface area contributed by atoms with Crippen LogP contribution in [0.2, 0.25) is 0 Å². The summed E-state index contributed by atoms with van der Waals surface area (Å²) < 4.78 is 5.54. The highest BCUT2D eigenvalue weighted by atomic mass is 16.5. The fourth-order valence-corrected chi connectivity index (χ4v) is 4.71. The number of nitrogens with zero attached hydrogens (tertiary/aromatic N) is 1. The van der Waals surface area contributed by atoms with Crippen molar-refractivity contribution >= 4 is 18.0 Å². The first kappa shape index (κ1) is 22.8. The van der Waals surface area contributed by atoms with Crippen molar-refractivity contribution < 1.29 is 24.2 Å². The Morgan fingerprint density at radius 2 is 1.67 bits per heavy atom. The van der Waals surface area contributed by atoms with Gasteiger partial charge in [0.25, 0.3) is 0 Å². The second-order valence-corrected chi connectivity index (χ2v) is 9.32. The molecule has 0 radical (unpaired) electrons. The molecular formula is C26H30N2O5. The molecule has 0 aliphatic heterocycles. The van der Waals surface area contributed by atoms with Crippen LogP contribution < -0.4 is 5.32 Å². The Balaban J connectivity index is 1.27. The zero-order valence-corrected chi connectivity index (χ0v) is 19.0. The van der Waals surface area contributed by atoms with E-state index in [0.717, 1.165) is 11.1 Å². The third-order valence-corrected chi connectivity index (χ3v) is 6.32. The van der Waals surface area contributed by atoms with E-state index in [9.17, 15) is 14.4 Å². The molecule has 7 heteroatoms. The maximum absolute atomic E-state index is 12.7. The molecule has 2 N–H and O–H groups in total. The molecule has 1 fully saturated rings. The number of carboxylic acid groups (broad SMARTS) is 1. The Morgan fingerprint density at radius 1 is 1.06 bits per heavy atom. The summed E-state index contributed by atoms with van der Waals surface area (Å²) in [6.07, 6.45) is 0.149. The number of alkyl carbamates (subject to hydrolysis) is 1. The number of aliphatic carboxylic acids is 1. The lowest BCUT2D eigenvalue weighted by molar-refractivity contribution is -0.145. The second-order valence-electron chi connectivity index (χ2n) is 9.32. The molecule has 0 spiro atoms. The molecule has 2 aromatic carbocycles. The van der Waals surface area contributed by atoms with E-state index in [1.165, 1.54) is 16.0 Å². The third kappa shape index (κ3) is 5.18. The topological polar surface area (TPSA) is 95.9 Å². The monoisotopic (exact) mass is 450 g/mol. The fraction of sp³-hybridized carbons (Fsp3) is 0.423. The summed E-state index contributed by atoms with van der Waals surface area (Å²) in [5.41, 5.74) is 4.66. The van der Waals surface area contributed by atoms with Gasteiger partial charge in [-0.3, -0.25) is 9.59 Å². The number of hydrogen-bond donors (Lipinski definition) is 2. The average Bonchev–Trinajstić information content (AvgIpc) is 3.49. The highest BCUT2D eigenvalue weighted by Crippen LogP contribution is 2.44. The van der Waals surface area contributed by atoms with Crippen molar-refractivity contribution in [1.82, 2.24) is 10.2 Å². The van der Waals surface area contributed by atoms with Crippen molar-refractivity contribution in [2.45, 2.75) is 26.2 Å². The predicted molar refractivity (Wildman–Crippen MR) is 124 cm³/mol. The number of amides is 2. The number of carboxylic acids is 1. The molecule has 7 nitrogen and oxygen atoms in total. The number of nitrogens with one attached hydrogen (secondary N) is 1. The molecule has 0 bridgehead atoms. The summed E-state index contributed by atoms with van der Waals surface area (Å²) >= 11 is 0. The first-order valence-electron chi connectivity index (χ1n) is 11.4. The molecule has 0 heterocycles. The van der Waals surface area contributed by atoms with E-state index in [2.05, 4.69) is 29.6 Å². The number of fused-ring (bicyclic) bond motifs is 3. The minimum atomic E-state index is -1.02. The van der Waals surface area contributed by atoms with Crippen LogP contribution in [-0.2, 0) is 14.3 Å². The van der Waals surface area contributed by atoms with Crippen LogP contribution >= 0.6 is 0 Å². The Kier molecular flexibility index (Phi) is 6.67. The highest BCUT2D eigenvalue weighted by Gasteiger charge is 2.45. The zero-order valence-electron chi connectivity index (χ0n) is 19.0. The van der Waals surface area contributed by atoms with Crippen molar-refractivity contribution in [2.24, 2.45) is 17.8 Å². The molecule has 0 saturated heterocycles. The van der Waals surface area contributed by atoms with Crippen molar-refractivity contribution in [3.05, 3.63) is 59.7 Å². The van der Waals surface area contributed by atoms with Gasteiger partial charge in [-0.25, -0.2) is 4.79 Å². The molecule has 2 aliphatic rings. The predicted octanol–water partition coefficient (Wildman–Crippen LogP) is 3.73. The lowest BCUT2D eigenvalue weighted by Crippen LogP contribution is -2.40. The molecule has 2 aliphatic carbocycles. The van der Waals surface area contributed by atoms with Gasteiger partial charge in [-0.15, -0.1) is 0 Å². The summed E-state index contributed by atoms with van der Waals surface area (Å²) in [5, 5.41) is 11.9. The van der Waals surface area contributed by atoms with Gasteiger partial charge < -0.3 is 20.1 Å². The van der Waals surface area contributed by atoms with E-state index < -0.39 is 12.1 Å². The van der Waals surface area contributed by atoms with Gasteiger partial charge in [0, 0.05) is 24.9 Å². The average molecular weight is 451 g/mol.